The van der Waals surface area contributed by atoms with Crippen LogP contribution in [0.25, 0.3) is 11.6 Å². The van der Waals surface area contributed by atoms with Gasteiger partial charge in [0.1, 0.15) is 0 Å². The molecule has 7 nitrogen and oxygen atoms in total. The SMILES string of the molecule is O=C(NCCn1nc(-c2ccco2)n(C2CC2)c1=O)c1ccccc1Br. The number of amides is 1. The van der Waals surface area contributed by atoms with Crippen molar-refractivity contribution in [2.24, 2.45) is 0 Å². The number of aromatic nitrogens is 3. The fourth-order valence-corrected chi connectivity index (χ4v) is 3.28. The van der Waals surface area contributed by atoms with Crippen molar-refractivity contribution in [3.05, 3.63) is 63.2 Å². The highest BCUT2D eigenvalue weighted by atomic mass is 79.9. The second-order valence-corrected chi connectivity index (χ2v) is 7.00. The minimum atomic E-state index is -0.196. The summed E-state index contributed by atoms with van der Waals surface area (Å²) >= 11 is 3.36. The average molecular weight is 417 g/mol. The molecule has 1 fully saturated rings. The largest absolute Gasteiger partial charge is 0.461 e. The number of benzene rings is 1. The summed E-state index contributed by atoms with van der Waals surface area (Å²) in [6.45, 7) is 0.599. The van der Waals surface area contributed by atoms with Crippen LogP contribution in [0.1, 0.15) is 29.2 Å². The smallest absolute Gasteiger partial charge is 0.346 e. The molecule has 2 aromatic heterocycles. The van der Waals surface area contributed by atoms with Gasteiger partial charge in [-0.2, -0.15) is 0 Å². The van der Waals surface area contributed by atoms with Gasteiger partial charge in [0, 0.05) is 17.1 Å². The van der Waals surface area contributed by atoms with Crippen LogP contribution in [0.2, 0.25) is 0 Å². The van der Waals surface area contributed by atoms with Crippen molar-refractivity contribution in [2.45, 2.75) is 25.4 Å². The minimum absolute atomic E-state index is 0.172. The molecule has 1 N–H and O–H groups in total. The van der Waals surface area contributed by atoms with Crippen LogP contribution in [0.4, 0.5) is 0 Å². The van der Waals surface area contributed by atoms with Gasteiger partial charge in [-0.3, -0.25) is 9.36 Å². The average Bonchev–Trinajstić information content (AvgIpc) is 3.21. The number of hydrogen-bond donors (Lipinski definition) is 1. The molecule has 8 heteroatoms. The monoisotopic (exact) mass is 416 g/mol. The number of rotatable bonds is 6. The van der Waals surface area contributed by atoms with Crippen molar-refractivity contribution in [3.63, 3.8) is 0 Å². The van der Waals surface area contributed by atoms with Gasteiger partial charge in [-0.25, -0.2) is 9.48 Å². The van der Waals surface area contributed by atoms with Crippen LogP contribution in [0.5, 0.6) is 0 Å². The molecular formula is C18H17BrN4O3. The Morgan fingerprint density at radius 2 is 2.08 bits per heavy atom. The van der Waals surface area contributed by atoms with E-state index in [1.807, 2.05) is 12.1 Å². The van der Waals surface area contributed by atoms with E-state index in [9.17, 15) is 9.59 Å². The lowest BCUT2D eigenvalue weighted by atomic mass is 10.2. The molecule has 0 unspecified atom stereocenters. The molecule has 1 aromatic carbocycles. The summed E-state index contributed by atoms with van der Waals surface area (Å²) in [6, 6.07) is 11.0. The van der Waals surface area contributed by atoms with Gasteiger partial charge in [-0.15, -0.1) is 5.10 Å². The molecule has 4 rings (SSSR count). The topological polar surface area (TPSA) is 82.1 Å². The van der Waals surface area contributed by atoms with E-state index >= 15 is 0 Å². The maximum Gasteiger partial charge on any atom is 0.346 e. The van der Waals surface area contributed by atoms with Gasteiger partial charge in [0.05, 0.1) is 18.4 Å². The third-order valence-corrected chi connectivity index (χ3v) is 4.94. The molecule has 26 heavy (non-hydrogen) atoms. The van der Waals surface area contributed by atoms with Gasteiger partial charge in [0.25, 0.3) is 5.91 Å². The fourth-order valence-electron chi connectivity index (χ4n) is 2.82. The zero-order chi connectivity index (χ0) is 18.1. The highest BCUT2D eigenvalue weighted by Crippen LogP contribution is 2.36. The number of halogens is 1. The number of hydrogen-bond acceptors (Lipinski definition) is 4. The third-order valence-electron chi connectivity index (χ3n) is 4.25. The van der Waals surface area contributed by atoms with E-state index in [2.05, 4.69) is 26.3 Å². The third kappa shape index (κ3) is 3.24. The first kappa shape index (κ1) is 16.8. The van der Waals surface area contributed by atoms with Crippen LogP contribution in [0.3, 0.4) is 0 Å². The maximum absolute atomic E-state index is 12.7. The molecule has 1 aliphatic rings. The van der Waals surface area contributed by atoms with Crippen molar-refractivity contribution in [3.8, 4) is 11.6 Å². The second kappa shape index (κ2) is 6.95. The molecule has 0 saturated heterocycles. The molecule has 2 heterocycles. The van der Waals surface area contributed by atoms with Crippen LogP contribution in [0, 0.1) is 0 Å². The molecule has 0 bridgehead atoms. The van der Waals surface area contributed by atoms with Gasteiger partial charge in [0.15, 0.2) is 5.76 Å². The van der Waals surface area contributed by atoms with Crippen LogP contribution in [-0.4, -0.2) is 26.8 Å². The first-order chi connectivity index (χ1) is 12.6. The Labute approximate surface area is 157 Å². The number of nitrogens with one attached hydrogen (secondary N) is 1. The summed E-state index contributed by atoms with van der Waals surface area (Å²) < 4.78 is 9.21. The molecule has 1 aliphatic carbocycles. The zero-order valence-corrected chi connectivity index (χ0v) is 15.5. The highest BCUT2D eigenvalue weighted by Gasteiger charge is 2.31. The summed E-state index contributed by atoms with van der Waals surface area (Å²) in [7, 11) is 0. The van der Waals surface area contributed by atoms with Gasteiger partial charge >= 0.3 is 5.69 Å². The van der Waals surface area contributed by atoms with Gasteiger partial charge < -0.3 is 9.73 Å². The number of nitrogens with zero attached hydrogens (tertiary/aromatic N) is 3. The summed E-state index contributed by atoms with van der Waals surface area (Å²) in [4.78, 5) is 24.9. The van der Waals surface area contributed by atoms with Crippen molar-refractivity contribution in [2.75, 3.05) is 6.54 Å². The Morgan fingerprint density at radius 1 is 1.27 bits per heavy atom. The van der Waals surface area contributed by atoms with E-state index < -0.39 is 0 Å². The van der Waals surface area contributed by atoms with Gasteiger partial charge in [-0.1, -0.05) is 12.1 Å². The zero-order valence-electron chi connectivity index (χ0n) is 13.9. The van der Waals surface area contributed by atoms with Crippen LogP contribution < -0.4 is 11.0 Å². The standard InChI is InChI=1S/C18H17BrN4O3/c19-14-5-2-1-4-13(14)17(24)20-9-10-22-18(25)23(12-7-8-12)16(21-22)15-6-3-11-26-15/h1-6,11-12H,7-10H2,(H,20,24). The first-order valence-corrected chi connectivity index (χ1v) is 9.20. The van der Waals surface area contributed by atoms with Crippen LogP contribution in [0.15, 0.2) is 56.3 Å². The predicted molar refractivity (Wildman–Crippen MR) is 98.9 cm³/mol. The van der Waals surface area contributed by atoms with Crippen molar-refractivity contribution in [1.82, 2.24) is 19.7 Å². The quantitative estimate of drug-likeness (QED) is 0.669. The Hall–Kier alpha value is -2.61. The number of carbonyl (C=O) groups is 1. The Balaban J connectivity index is 1.49. The minimum Gasteiger partial charge on any atom is -0.461 e. The first-order valence-electron chi connectivity index (χ1n) is 8.41. The molecule has 0 radical (unpaired) electrons. The normalized spacial score (nSPS) is 13.7. The summed E-state index contributed by atoms with van der Waals surface area (Å²) in [5.41, 5.74) is 0.383. The Bertz CT molecular complexity index is 986. The van der Waals surface area contributed by atoms with Gasteiger partial charge in [0.2, 0.25) is 5.82 Å². The molecule has 3 aromatic rings. The van der Waals surface area contributed by atoms with E-state index in [-0.39, 0.29) is 17.6 Å². The Kier molecular flexibility index (Phi) is 4.50. The molecule has 1 amide bonds. The van der Waals surface area contributed by atoms with E-state index in [0.717, 1.165) is 17.3 Å². The lowest BCUT2D eigenvalue weighted by Gasteiger charge is -2.06. The molecular weight excluding hydrogens is 400 g/mol. The summed E-state index contributed by atoms with van der Waals surface area (Å²) in [5.74, 6) is 0.919. The summed E-state index contributed by atoms with van der Waals surface area (Å²) in [5, 5.41) is 7.24. The number of furan rings is 1. The van der Waals surface area contributed by atoms with E-state index in [4.69, 9.17) is 4.42 Å². The van der Waals surface area contributed by atoms with E-state index in [1.165, 1.54) is 4.68 Å². The molecule has 0 aliphatic heterocycles. The van der Waals surface area contributed by atoms with Crippen LogP contribution >= 0.6 is 15.9 Å². The fraction of sp³-hybridized carbons (Fsp3) is 0.278. The predicted octanol–water partition coefficient (Wildman–Crippen LogP) is 2.83. The highest BCUT2D eigenvalue weighted by molar-refractivity contribution is 9.10. The molecule has 134 valence electrons. The van der Waals surface area contributed by atoms with E-state index in [0.29, 0.717) is 30.2 Å². The van der Waals surface area contributed by atoms with E-state index in [1.54, 1.807) is 35.1 Å². The maximum atomic E-state index is 12.7. The lowest BCUT2D eigenvalue weighted by Crippen LogP contribution is -2.32. The molecule has 1 saturated carbocycles. The Morgan fingerprint density at radius 3 is 2.77 bits per heavy atom. The summed E-state index contributed by atoms with van der Waals surface area (Å²) in [6.07, 6.45) is 3.50. The molecule has 0 atom stereocenters. The lowest BCUT2D eigenvalue weighted by molar-refractivity contribution is 0.0951. The second-order valence-electron chi connectivity index (χ2n) is 6.14. The van der Waals surface area contributed by atoms with Crippen molar-refractivity contribution < 1.29 is 9.21 Å². The van der Waals surface area contributed by atoms with Crippen LogP contribution in [-0.2, 0) is 6.54 Å². The van der Waals surface area contributed by atoms with Crippen molar-refractivity contribution in [1.29, 1.82) is 0 Å². The van der Waals surface area contributed by atoms with Crippen molar-refractivity contribution >= 4 is 21.8 Å². The molecule has 0 spiro atoms. The van der Waals surface area contributed by atoms with Gasteiger partial charge in [-0.05, 0) is 53.0 Å². The number of carbonyl (C=O) groups excluding carboxylic acids is 1.